The van der Waals surface area contributed by atoms with E-state index in [1.807, 2.05) is 51.1 Å². The van der Waals surface area contributed by atoms with Gasteiger partial charge >= 0.3 is 0 Å². The highest BCUT2D eigenvalue weighted by Crippen LogP contribution is 2.35. The smallest absolute Gasteiger partial charge is 0.264 e. The number of hydrogen-bond donors (Lipinski definition) is 1. The van der Waals surface area contributed by atoms with Gasteiger partial charge in [0.05, 0.1) is 20.6 Å². The van der Waals surface area contributed by atoms with Crippen LogP contribution in [0, 0.1) is 12.8 Å². The molecule has 0 saturated carbocycles. The average molecular weight is 701 g/mol. The zero-order chi connectivity index (χ0) is 33.4. The van der Waals surface area contributed by atoms with Crippen molar-refractivity contribution in [1.82, 2.24) is 10.2 Å². The van der Waals surface area contributed by atoms with Crippen molar-refractivity contribution >= 4 is 62.3 Å². The van der Waals surface area contributed by atoms with Crippen LogP contribution in [0.4, 0.5) is 5.69 Å². The molecule has 46 heavy (non-hydrogen) atoms. The zero-order valence-electron chi connectivity index (χ0n) is 25.8. The number of carbonyl (C=O) groups excluding carboxylic acids is 2. The van der Waals surface area contributed by atoms with Gasteiger partial charge in [0.2, 0.25) is 11.8 Å². The van der Waals surface area contributed by atoms with Crippen LogP contribution < -0.4 is 9.62 Å². The van der Waals surface area contributed by atoms with E-state index in [0.717, 1.165) is 15.4 Å². The van der Waals surface area contributed by atoms with Crippen LogP contribution in [0.2, 0.25) is 15.1 Å². The fourth-order valence-corrected chi connectivity index (χ4v) is 6.80. The first kappa shape index (κ1) is 35.3. The summed E-state index contributed by atoms with van der Waals surface area (Å²) >= 11 is 19.0. The predicted molar refractivity (Wildman–Crippen MR) is 186 cm³/mol. The van der Waals surface area contributed by atoms with Gasteiger partial charge in [-0.3, -0.25) is 13.9 Å². The summed E-state index contributed by atoms with van der Waals surface area (Å²) in [5.74, 6) is -0.794. The number of nitrogens with zero attached hydrogens (tertiary/aromatic N) is 2. The van der Waals surface area contributed by atoms with E-state index < -0.39 is 28.5 Å². The highest BCUT2D eigenvalue weighted by molar-refractivity contribution is 7.92. The molecular weight excluding hydrogens is 665 g/mol. The summed E-state index contributed by atoms with van der Waals surface area (Å²) in [6, 6.07) is 26.2. The van der Waals surface area contributed by atoms with Crippen molar-refractivity contribution in [2.75, 3.05) is 17.4 Å². The molecule has 4 rings (SSSR count). The van der Waals surface area contributed by atoms with E-state index in [2.05, 4.69) is 5.32 Å². The zero-order valence-corrected chi connectivity index (χ0v) is 28.9. The average Bonchev–Trinajstić information content (AvgIpc) is 3.03. The maximum Gasteiger partial charge on any atom is 0.264 e. The molecule has 0 aliphatic carbocycles. The van der Waals surface area contributed by atoms with Gasteiger partial charge in [-0.25, -0.2) is 8.42 Å². The Balaban J connectivity index is 1.82. The van der Waals surface area contributed by atoms with Crippen molar-refractivity contribution in [3.8, 4) is 0 Å². The summed E-state index contributed by atoms with van der Waals surface area (Å²) in [5.41, 5.74) is 2.45. The van der Waals surface area contributed by atoms with Crippen LogP contribution in [0.3, 0.4) is 0 Å². The minimum absolute atomic E-state index is 0.0182. The van der Waals surface area contributed by atoms with Gasteiger partial charge < -0.3 is 10.2 Å². The summed E-state index contributed by atoms with van der Waals surface area (Å²) in [4.78, 5) is 29.8. The molecule has 0 heterocycles. The van der Waals surface area contributed by atoms with Crippen molar-refractivity contribution in [3.05, 3.63) is 129 Å². The number of sulfonamides is 1. The Labute approximate surface area is 286 Å². The van der Waals surface area contributed by atoms with Gasteiger partial charge in [-0.15, -0.1) is 0 Å². The number of amides is 2. The molecule has 0 fully saturated rings. The van der Waals surface area contributed by atoms with Gasteiger partial charge in [-0.05, 0) is 60.4 Å². The number of aryl methyl sites for hydroxylation is 1. The Hall–Kier alpha value is -3.56. The van der Waals surface area contributed by atoms with Crippen LogP contribution in [0.1, 0.15) is 30.5 Å². The topological polar surface area (TPSA) is 86.8 Å². The molecule has 4 aromatic carbocycles. The van der Waals surface area contributed by atoms with Gasteiger partial charge in [-0.2, -0.15) is 0 Å². The Kier molecular flexibility index (Phi) is 12.1. The monoisotopic (exact) mass is 699 g/mol. The first-order valence-electron chi connectivity index (χ1n) is 14.8. The molecule has 0 unspecified atom stereocenters. The first-order chi connectivity index (χ1) is 21.9. The molecule has 0 spiro atoms. The minimum atomic E-state index is -4.32. The second kappa shape index (κ2) is 15.8. The molecule has 4 aromatic rings. The molecule has 0 bridgehead atoms. The third-order valence-electron chi connectivity index (χ3n) is 7.31. The SMILES string of the molecule is Cc1ccc(S(=O)(=O)N(CC(=O)N(Cc2ccc(Cl)cc2)[C@@H](Cc2ccccc2)C(=O)NCC(C)C)c2cccc(Cl)c2Cl)cc1. The molecule has 242 valence electrons. The standard InChI is InChI=1S/C35H36Cl3N3O4S/c1-24(2)21-39-35(43)32(20-26-8-5-4-6-9-26)40(22-27-14-16-28(36)17-15-27)33(42)23-41(31-11-7-10-30(37)34(31)38)46(44,45)29-18-12-25(3)13-19-29/h4-19,24,32H,20-23H2,1-3H3,(H,39,43)/t32-/m0/s1. The number of hydrogen-bond acceptors (Lipinski definition) is 4. The number of rotatable bonds is 13. The summed E-state index contributed by atoms with van der Waals surface area (Å²) in [5, 5.41) is 3.60. The number of nitrogens with one attached hydrogen (secondary N) is 1. The van der Waals surface area contributed by atoms with Crippen molar-refractivity contribution in [2.24, 2.45) is 5.92 Å². The fraction of sp³-hybridized carbons (Fsp3) is 0.257. The first-order valence-corrected chi connectivity index (χ1v) is 17.3. The summed E-state index contributed by atoms with van der Waals surface area (Å²) in [7, 11) is -4.32. The molecule has 0 aliphatic rings. The highest BCUT2D eigenvalue weighted by atomic mass is 35.5. The lowest BCUT2D eigenvalue weighted by molar-refractivity contribution is -0.140. The van der Waals surface area contributed by atoms with E-state index in [-0.39, 0.29) is 45.4 Å². The lowest BCUT2D eigenvalue weighted by Gasteiger charge is -2.34. The van der Waals surface area contributed by atoms with Crippen molar-refractivity contribution < 1.29 is 18.0 Å². The van der Waals surface area contributed by atoms with Crippen molar-refractivity contribution in [1.29, 1.82) is 0 Å². The van der Waals surface area contributed by atoms with E-state index >= 15 is 0 Å². The van der Waals surface area contributed by atoms with Gasteiger partial charge in [0, 0.05) is 24.5 Å². The maximum atomic E-state index is 14.5. The van der Waals surface area contributed by atoms with Crippen molar-refractivity contribution in [3.63, 3.8) is 0 Å². The van der Waals surface area contributed by atoms with Gasteiger partial charge in [0.15, 0.2) is 0 Å². The van der Waals surface area contributed by atoms with Crippen LogP contribution in [0.25, 0.3) is 0 Å². The van der Waals surface area contributed by atoms with E-state index in [9.17, 15) is 18.0 Å². The van der Waals surface area contributed by atoms with Crippen LogP contribution >= 0.6 is 34.8 Å². The Morgan fingerprint density at radius 2 is 1.46 bits per heavy atom. The Morgan fingerprint density at radius 1 is 0.804 bits per heavy atom. The quantitative estimate of drug-likeness (QED) is 0.156. The minimum Gasteiger partial charge on any atom is -0.354 e. The van der Waals surface area contributed by atoms with Crippen molar-refractivity contribution in [2.45, 2.75) is 44.7 Å². The van der Waals surface area contributed by atoms with Gasteiger partial charge in [-0.1, -0.05) is 115 Å². The third-order valence-corrected chi connectivity index (χ3v) is 10.1. The third kappa shape index (κ3) is 9.04. The molecule has 1 atom stereocenters. The number of carbonyl (C=O) groups is 2. The number of benzene rings is 4. The molecule has 0 aromatic heterocycles. The van der Waals surface area contributed by atoms with E-state index in [1.165, 1.54) is 29.2 Å². The summed E-state index contributed by atoms with van der Waals surface area (Å²) < 4.78 is 29.3. The normalized spacial score (nSPS) is 12.1. The number of anilines is 1. The molecular formula is C35H36Cl3N3O4S. The molecule has 0 saturated heterocycles. The Bertz CT molecular complexity index is 1750. The highest BCUT2D eigenvalue weighted by Gasteiger charge is 2.35. The van der Waals surface area contributed by atoms with E-state index in [0.29, 0.717) is 17.1 Å². The molecule has 2 amide bonds. The van der Waals surface area contributed by atoms with Crippen LogP contribution in [0.5, 0.6) is 0 Å². The number of halogens is 3. The molecule has 0 radical (unpaired) electrons. The van der Waals surface area contributed by atoms with Crippen LogP contribution in [-0.2, 0) is 32.6 Å². The molecule has 11 heteroatoms. The van der Waals surface area contributed by atoms with E-state index in [4.69, 9.17) is 34.8 Å². The van der Waals surface area contributed by atoms with Crippen LogP contribution in [0.15, 0.2) is 102 Å². The molecule has 0 aliphatic heterocycles. The van der Waals surface area contributed by atoms with Crippen LogP contribution in [-0.4, -0.2) is 44.3 Å². The Morgan fingerprint density at radius 3 is 2.09 bits per heavy atom. The summed E-state index contributed by atoms with van der Waals surface area (Å²) in [6.07, 6.45) is 0.201. The molecule has 7 nitrogen and oxygen atoms in total. The second-order valence-corrected chi connectivity index (χ2v) is 14.5. The lowest BCUT2D eigenvalue weighted by atomic mass is 10.0. The van der Waals surface area contributed by atoms with Gasteiger partial charge in [0.1, 0.15) is 12.6 Å². The maximum absolute atomic E-state index is 14.5. The van der Waals surface area contributed by atoms with Gasteiger partial charge in [0.25, 0.3) is 10.0 Å². The largest absolute Gasteiger partial charge is 0.354 e. The summed E-state index contributed by atoms with van der Waals surface area (Å²) in [6.45, 7) is 5.57. The van der Waals surface area contributed by atoms with E-state index in [1.54, 1.807) is 42.5 Å². The predicted octanol–water partition coefficient (Wildman–Crippen LogP) is 7.56. The molecule has 1 N–H and O–H groups in total. The second-order valence-electron chi connectivity index (χ2n) is 11.4. The lowest BCUT2D eigenvalue weighted by Crippen LogP contribution is -2.53. The fourth-order valence-electron chi connectivity index (χ4n) is 4.80.